The van der Waals surface area contributed by atoms with E-state index in [-0.39, 0.29) is 11.9 Å². The summed E-state index contributed by atoms with van der Waals surface area (Å²) in [4.78, 5) is 13.9. The Hall–Kier alpha value is -1.59. The van der Waals surface area contributed by atoms with E-state index in [1.807, 2.05) is 24.3 Å². The molecule has 1 unspecified atom stereocenters. The number of benzene rings is 1. The standard InChI is InChI=1S/C15H23N3O2/c1-2-11-20-13-5-3-12(4-6-13)14(15(16)19)18-9-7-17-8-10-18/h3-6,14,17H,2,7-11H2,1H3,(H2,16,19). The number of rotatable bonds is 6. The van der Waals surface area contributed by atoms with Crippen LogP contribution < -0.4 is 15.8 Å². The molecule has 1 heterocycles. The van der Waals surface area contributed by atoms with Gasteiger partial charge in [0.05, 0.1) is 6.61 Å². The lowest BCUT2D eigenvalue weighted by atomic mass is 10.0. The highest BCUT2D eigenvalue weighted by Crippen LogP contribution is 2.23. The maximum absolute atomic E-state index is 11.8. The lowest BCUT2D eigenvalue weighted by molar-refractivity contribution is -0.123. The summed E-state index contributed by atoms with van der Waals surface area (Å²) >= 11 is 0. The highest BCUT2D eigenvalue weighted by molar-refractivity contribution is 5.81. The molecule has 0 aliphatic carbocycles. The van der Waals surface area contributed by atoms with Crippen LogP contribution in [-0.4, -0.2) is 43.6 Å². The number of ether oxygens (including phenoxy) is 1. The molecule has 1 aromatic rings. The number of hydrogen-bond acceptors (Lipinski definition) is 4. The van der Waals surface area contributed by atoms with Crippen LogP contribution in [0.3, 0.4) is 0 Å². The molecule has 5 heteroatoms. The fourth-order valence-electron chi connectivity index (χ4n) is 2.46. The highest BCUT2D eigenvalue weighted by atomic mass is 16.5. The molecule has 110 valence electrons. The van der Waals surface area contributed by atoms with E-state index < -0.39 is 0 Å². The third kappa shape index (κ3) is 3.71. The molecule has 1 saturated heterocycles. The smallest absolute Gasteiger partial charge is 0.239 e. The number of hydrogen-bond donors (Lipinski definition) is 2. The van der Waals surface area contributed by atoms with Gasteiger partial charge in [-0.2, -0.15) is 0 Å². The van der Waals surface area contributed by atoms with Crippen molar-refractivity contribution in [2.45, 2.75) is 19.4 Å². The molecule has 0 saturated carbocycles. The van der Waals surface area contributed by atoms with E-state index in [1.54, 1.807) is 0 Å². The van der Waals surface area contributed by atoms with Crippen molar-refractivity contribution in [3.05, 3.63) is 29.8 Å². The van der Waals surface area contributed by atoms with Crippen LogP contribution in [0.5, 0.6) is 5.75 Å². The van der Waals surface area contributed by atoms with Crippen LogP contribution in [0, 0.1) is 0 Å². The summed E-state index contributed by atoms with van der Waals surface area (Å²) in [7, 11) is 0. The van der Waals surface area contributed by atoms with Crippen LogP contribution in [0.15, 0.2) is 24.3 Å². The summed E-state index contributed by atoms with van der Waals surface area (Å²) in [6, 6.07) is 7.33. The fourth-order valence-corrected chi connectivity index (χ4v) is 2.46. The molecule has 20 heavy (non-hydrogen) atoms. The van der Waals surface area contributed by atoms with Crippen LogP contribution in [0.2, 0.25) is 0 Å². The molecule has 0 aromatic heterocycles. The lowest BCUT2D eigenvalue weighted by Gasteiger charge is -2.33. The van der Waals surface area contributed by atoms with Crippen molar-refractivity contribution in [1.29, 1.82) is 0 Å². The van der Waals surface area contributed by atoms with E-state index in [2.05, 4.69) is 17.1 Å². The number of nitrogens with two attached hydrogens (primary N) is 1. The second kappa shape index (κ2) is 7.26. The first-order valence-corrected chi connectivity index (χ1v) is 7.19. The zero-order valence-electron chi connectivity index (χ0n) is 12.0. The average Bonchev–Trinajstić information content (AvgIpc) is 2.47. The van der Waals surface area contributed by atoms with E-state index in [0.29, 0.717) is 6.61 Å². The minimum Gasteiger partial charge on any atom is -0.494 e. The zero-order chi connectivity index (χ0) is 14.4. The van der Waals surface area contributed by atoms with Crippen molar-refractivity contribution >= 4 is 5.91 Å². The molecule has 1 aromatic carbocycles. The molecule has 1 aliphatic heterocycles. The zero-order valence-corrected chi connectivity index (χ0v) is 12.0. The molecule has 1 fully saturated rings. The van der Waals surface area contributed by atoms with Gasteiger partial charge in [0.25, 0.3) is 0 Å². The van der Waals surface area contributed by atoms with E-state index >= 15 is 0 Å². The Bertz CT molecular complexity index is 427. The Balaban J connectivity index is 2.10. The van der Waals surface area contributed by atoms with Gasteiger partial charge in [0, 0.05) is 26.2 Å². The molecule has 0 radical (unpaired) electrons. The lowest BCUT2D eigenvalue weighted by Crippen LogP contribution is -2.48. The molecule has 0 spiro atoms. The van der Waals surface area contributed by atoms with Gasteiger partial charge in [-0.1, -0.05) is 19.1 Å². The van der Waals surface area contributed by atoms with Crippen molar-refractivity contribution in [3.8, 4) is 5.75 Å². The molecule has 3 N–H and O–H groups in total. The summed E-state index contributed by atoms with van der Waals surface area (Å²) in [5, 5.41) is 3.28. The van der Waals surface area contributed by atoms with Crippen molar-refractivity contribution < 1.29 is 9.53 Å². The number of primary amides is 1. The summed E-state index contributed by atoms with van der Waals surface area (Å²) in [6.07, 6.45) is 0.979. The number of nitrogens with one attached hydrogen (secondary N) is 1. The summed E-state index contributed by atoms with van der Waals surface area (Å²) in [6.45, 7) is 6.23. The number of nitrogens with zero attached hydrogens (tertiary/aromatic N) is 1. The summed E-state index contributed by atoms with van der Waals surface area (Å²) in [5.74, 6) is 0.535. The van der Waals surface area contributed by atoms with Crippen LogP contribution in [0.1, 0.15) is 24.9 Å². The number of piperazine rings is 1. The Labute approximate surface area is 120 Å². The van der Waals surface area contributed by atoms with E-state index in [9.17, 15) is 4.79 Å². The van der Waals surface area contributed by atoms with Crippen molar-refractivity contribution in [2.75, 3.05) is 32.8 Å². The summed E-state index contributed by atoms with van der Waals surface area (Å²) in [5.41, 5.74) is 6.52. The van der Waals surface area contributed by atoms with Gasteiger partial charge in [-0.15, -0.1) is 0 Å². The SMILES string of the molecule is CCCOc1ccc(C(C(N)=O)N2CCNCC2)cc1. The normalized spacial score (nSPS) is 17.6. The minimum atomic E-state index is -0.350. The van der Waals surface area contributed by atoms with E-state index in [0.717, 1.165) is 43.9 Å². The molecule has 1 atom stereocenters. The van der Waals surface area contributed by atoms with Crippen molar-refractivity contribution in [3.63, 3.8) is 0 Å². The second-order valence-electron chi connectivity index (χ2n) is 5.01. The maximum Gasteiger partial charge on any atom is 0.239 e. The third-order valence-electron chi connectivity index (χ3n) is 3.45. The molecular formula is C15H23N3O2. The Morgan fingerprint density at radius 3 is 2.55 bits per heavy atom. The van der Waals surface area contributed by atoms with Crippen LogP contribution in [0.25, 0.3) is 0 Å². The van der Waals surface area contributed by atoms with Crippen LogP contribution in [0.4, 0.5) is 0 Å². The third-order valence-corrected chi connectivity index (χ3v) is 3.45. The van der Waals surface area contributed by atoms with E-state index in [1.165, 1.54) is 0 Å². The van der Waals surface area contributed by atoms with Gasteiger partial charge in [0.15, 0.2) is 0 Å². The molecule has 0 bridgehead atoms. The topological polar surface area (TPSA) is 67.6 Å². The maximum atomic E-state index is 11.8. The molecule has 2 rings (SSSR count). The second-order valence-corrected chi connectivity index (χ2v) is 5.01. The van der Waals surface area contributed by atoms with Gasteiger partial charge in [-0.05, 0) is 24.1 Å². The number of carbonyl (C=O) groups excluding carboxylic acids is 1. The summed E-state index contributed by atoms with van der Waals surface area (Å²) < 4.78 is 5.56. The Kier molecular flexibility index (Phi) is 5.38. The number of amides is 1. The molecule has 1 aliphatic rings. The van der Waals surface area contributed by atoms with E-state index in [4.69, 9.17) is 10.5 Å². The van der Waals surface area contributed by atoms with Gasteiger partial charge in [0.1, 0.15) is 11.8 Å². The first-order chi connectivity index (χ1) is 9.72. The number of carbonyl (C=O) groups is 1. The largest absolute Gasteiger partial charge is 0.494 e. The van der Waals surface area contributed by atoms with Crippen molar-refractivity contribution in [1.82, 2.24) is 10.2 Å². The predicted octanol–water partition coefficient (Wildman–Crippen LogP) is 0.907. The van der Waals surface area contributed by atoms with Crippen molar-refractivity contribution in [2.24, 2.45) is 5.73 Å². The monoisotopic (exact) mass is 277 g/mol. The quantitative estimate of drug-likeness (QED) is 0.811. The van der Waals surface area contributed by atoms with Gasteiger partial charge in [0.2, 0.25) is 5.91 Å². The van der Waals surface area contributed by atoms with Gasteiger partial charge >= 0.3 is 0 Å². The van der Waals surface area contributed by atoms with Gasteiger partial charge in [-0.25, -0.2) is 0 Å². The predicted molar refractivity (Wildman–Crippen MR) is 78.6 cm³/mol. The molecular weight excluding hydrogens is 254 g/mol. The fraction of sp³-hybridized carbons (Fsp3) is 0.533. The van der Waals surface area contributed by atoms with Crippen LogP contribution in [-0.2, 0) is 4.79 Å². The van der Waals surface area contributed by atoms with Gasteiger partial charge < -0.3 is 15.8 Å². The highest BCUT2D eigenvalue weighted by Gasteiger charge is 2.26. The Morgan fingerprint density at radius 2 is 2.00 bits per heavy atom. The Morgan fingerprint density at radius 1 is 1.35 bits per heavy atom. The molecule has 5 nitrogen and oxygen atoms in total. The van der Waals surface area contributed by atoms with Crippen LogP contribution >= 0.6 is 0 Å². The average molecular weight is 277 g/mol. The first kappa shape index (κ1) is 14.8. The molecule has 1 amide bonds. The first-order valence-electron chi connectivity index (χ1n) is 7.19. The van der Waals surface area contributed by atoms with Gasteiger partial charge in [-0.3, -0.25) is 9.69 Å². The minimum absolute atomic E-state index is 0.297.